The van der Waals surface area contributed by atoms with Crippen LogP contribution in [0.25, 0.3) is 0 Å². The first-order chi connectivity index (χ1) is 13.4. The lowest BCUT2D eigenvalue weighted by Crippen LogP contribution is -2.35. The lowest BCUT2D eigenvalue weighted by molar-refractivity contribution is -0.119. The summed E-state index contributed by atoms with van der Waals surface area (Å²) in [5, 5.41) is 6.45. The van der Waals surface area contributed by atoms with Gasteiger partial charge in [0, 0.05) is 30.3 Å². The number of halogens is 1. The Morgan fingerprint density at radius 1 is 1.04 bits per heavy atom. The highest BCUT2D eigenvalue weighted by Gasteiger charge is 2.25. The second kappa shape index (κ2) is 9.41. The van der Waals surface area contributed by atoms with Gasteiger partial charge in [-0.25, -0.2) is 8.42 Å². The Morgan fingerprint density at radius 2 is 1.75 bits per heavy atom. The smallest absolute Gasteiger partial charge is 0.243 e. The minimum absolute atomic E-state index is 0.0564. The van der Waals surface area contributed by atoms with E-state index in [2.05, 4.69) is 10.6 Å². The molecule has 2 aromatic rings. The van der Waals surface area contributed by atoms with Gasteiger partial charge in [-0.1, -0.05) is 36.2 Å². The minimum Gasteiger partial charge on any atom is -0.376 e. The lowest BCUT2D eigenvalue weighted by Gasteiger charge is -2.26. The maximum atomic E-state index is 12.8. The van der Waals surface area contributed by atoms with Gasteiger partial charge in [-0.3, -0.25) is 4.79 Å². The molecule has 28 heavy (non-hydrogen) atoms. The molecule has 0 saturated carbocycles. The van der Waals surface area contributed by atoms with E-state index >= 15 is 0 Å². The zero-order valence-corrected chi connectivity index (χ0v) is 17.1. The predicted octanol–water partition coefficient (Wildman–Crippen LogP) is 3.24. The average Bonchev–Trinajstić information content (AvgIpc) is 2.72. The molecule has 0 atom stereocenters. The fraction of sp³-hybridized carbons (Fsp3) is 0.350. The molecule has 1 aliphatic rings. The summed E-state index contributed by atoms with van der Waals surface area (Å²) in [4.78, 5) is 12.3. The van der Waals surface area contributed by atoms with Crippen molar-refractivity contribution in [1.82, 2.24) is 9.62 Å². The maximum absolute atomic E-state index is 12.8. The second-order valence-electron chi connectivity index (χ2n) is 6.75. The lowest BCUT2D eigenvalue weighted by atomic mass is 10.2. The minimum atomic E-state index is -3.49. The summed E-state index contributed by atoms with van der Waals surface area (Å²) in [6.45, 7) is 1.59. The van der Waals surface area contributed by atoms with Crippen LogP contribution in [0.2, 0.25) is 5.02 Å². The third kappa shape index (κ3) is 5.47. The molecule has 3 rings (SSSR count). The van der Waals surface area contributed by atoms with Crippen molar-refractivity contribution in [2.24, 2.45) is 0 Å². The molecule has 0 aliphatic carbocycles. The first-order valence-corrected chi connectivity index (χ1v) is 11.1. The van der Waals surface area contributed by atoms with E-state index in [1.807, 2.05) is 12.1 Å². The third-order valence-electron chi connectivity index (χ3n) is 4.64. The molecule has 0 spiro atoms. The topological polar surface area (TPSA) is 78.5 Å². The van der Waals surface area contributed by atoms with Crippen molar-refractivity contribution in [1.29, 1.82) is 0 Å². The highest BCUT2D eigenvalue weighted by atomic mass is 35.5. The quantitative estimate of drug-likeness (QED) is 0.719. The molecule has 1 aliphatic heterocycles. The Labute approximate surface area is 170 Å². The van der Waals surface area contributed by atoms with Crippen molar-refractivity contribution in [2.75, 3.05) is 25.0 Å². The molecule has 1 amide bonds. The molecule has 1 saturated heterocycles. The zero-order valence-electron chi connectivity index (χ0n) is 15.5. The molecule has 0 bridgehead atoms. The monoisotopic (exact) mass is 421 g/mol. The number of sulfonamides is 1. The number of piperidine rings is 1. The molecule has 150 valence electrons. The first kappa shape index (κ1) is 20.6. The van der Waals surface area contributed by atoms with Crippen molar-refractivity contribution in [3.63, 3.8) is 0 Å². The van der Waals surface area contributed by atoms with Gasteiger partial charge in [0.25, 0.3) is 0 Å². The number of hydrogen-bond donors (Lipinski definition) is 2. The number of amides is 1. The van der Waals surface area contributed by atoms with Crippen LogP contribution in [-0.2, 0) is 21.4 Å². The van der Waals surface area contributed by atoms with E-state index in [-0.39, 0.29) is 17.3 Å². The number of carbonyl (C=O) groups excluding carboxylic acids is 1. The van der Waals surface area contributed by atoms with Gasteiger partial charge in [0.2, 0.25) is 15.9 Å². The Bertz CT molecular complexity index is 911. The number of nitrogens with one attached hydrogen (secondary N) is 2. The zero-order chi connectivity index (χ0) is 20.0. The van der Waals surface area contributed by atoms with Crippen LogP contribution in [0.15, 0.2) is 53.4 Å². The van der Waals surface area contributed by atoms with Crippen LogP contribution in [0, 0.1) is 0 Å². The summed E-state index contributed by atoms with van der Waals surface area (Å²) in [6.07, 6.45) is 2.86. The van der Waals surface area contributed by atoms with E-state index in [0.29, 0.717) is 30.3 Å². The number of carbonyl (C=O) groups is 1. The largest absolute Gasteiger partial charge is 0.376 e. The van der Waals surface area contributed by atoms with Gasteiger partial charge in [-0.05, 0) is 48.7 Å². The van der Waals surface area contributed by atoms with Crippen LogP contribution in [-0.4, -0.2) is 38.3 Å². The van der Waals surface area contributed by atoms with Crippen LogP contribution in [0.3, 0.4) is 0 Å². The van der Waals surface area contributed by atoms with E-state index in [4.69, 9.17) is 11.6 Å². The summed E-state index contributed by atoms with van der Waals surface area (Å²) >= 11 is 5.84. The van der Waals surface area contributed by atoms with Gasteiger partial charge < -0.3 is 10.6 Å². The van der Waals surface area contributed by atoms with Gasteiger partial charge in [-0.2, -0.15) is 4.31 Å². The molecule has 1 heterocycles. The Hall–Kier alpha value is -2.09. The predicted molar refractivity (Wildman–Crippen MR) is 111 cm³/mol. The van der Waals surface area contributed by atoms with Gasteiger partial charge in [-0.15, -0.1) is 0 Å². The van der Waals surface area contributed by atoms with Crippen LogP contribution >= 0.6 is 11.6 Å². The summed E-state index contributed by atoms with van der Waals surface area (Å²) in [5.74, 6) is -0.181. The van der Waals surface area contributed by atoms with Crippen LogP contribution in [0.1, 0.15) is 24.8 Å². The fourth-order valence-corrected chi connectivity index (χ4v) is 4.76. The van der Waals surface area contributed by atoms with E-state index in [1.165, 1.54) is 4.31 Å². The van der Waals surface area contributed by atoms with Gasteiger partial charge in [0.05, 0.1) is 11.4 Å². The second-order valence-corrected chi connectivity index (χ2v) is 9.12. The standard InChI is InChI=1S/C20H24ClN3O3S/c21-17-9-7-16(8-10-17)14-23-20(25)15-22-18-5-4-6-19(13-18)28(26,27)24-11-2-1-3-12-24/h4-10,13,22H,1-3,11-12,14-15H2,(H,23,25). The van der Waals surface area contributed by atoms with Crippen molar-refractivity contribution < 1.29 is 13.2 Å². The molecule has 1 fully saturated rings. The molecular weight excluding hydrogens is 398 g/mol. The summed E-state index contributed by atoms with van der Waals surface area (Å²) in [6, 6.07) is 13.9. The van der Waals surface area contributed by atoms with E-state index in [1.54, 1.807) is 36.4 Å². The fourth-order valence-electron chi connectivity index (χ4n) is 3.07. The molecular formula is C20H24ClN3O3S. The number of hydrogen-bond acceptors (Lipinski definition) is 4. The molecule has 6 nitrogen and oxygen atoms in total. The summed E-state index contributed by atoms with van der Waals surface area (Å²) in [5.41, 5.74) is 1.55. The number of benzene rings is 2. The number of nitrogens with zero attached hydrogens (tertiary/aromatic N) is 1. The maximum Gasteiger partial charge on any atom is 0.243 e. The van der Waals surface area contributed by atoms with Crippen LogP contribution in [0.5, 0.6) is 0 Å². The highest BCUT2D eigenvalue weighted by Crippen LogP contribution is 2.22. The third-order valence-corrected chi connectivity index (χ3v) is 6.79. The van der Waals surface area contributed by atoms with Gasteiger partial charge >= 0.3 is 0 Å². The van der Waals surface area contributed by atoms with Crippen molar-refractivity contribution >= 4 is 33.2 Å². The molecule has 2 aromatic carbocycles. The molecule has 2 N–H and O–H groups in total. The first-order valence-electron chi connectivity index (χ1n) is 9.30. The normalized spacial score (nSPS) is 15.2. The van der Waals surface area contributed by atoms with Gasteiger partial charge in [0.1, 0.15) is 0 Å². The van der Waals surface area contributed by atoms with Crippen LogP contribution < -0.4 is 10.6 Å². The van der Waals surface area contributed by atoms with E-state index < -0.39 is 10.0 Å². The molecule has 8 heteroatoms. The number of rotatable bonds is 7. The average molecular weight is 422 g/mol. The molecule has 0 unspecified atom stereocenters. The summed E-state index contributed by atoms with van der Waals surface area (Å²) in [7, 11) is -3.49. The Balaban J connectivity index is 1.55. The van der Waals surface area contributed by atoms with E-state index in [0.717, 1.165) is 24.8 Å². The van der Waals surface area contributed by atoms with Crippen LogP contribution in [0.4, 0.5) is 5.69 Å². The van der Waals surface area contributed by atoms with Gasteiger partial charge in [0.15, 0.2) is 0 Å². The molecule has 0 aromatic heterocycles. The van der Waals surface area contributed by atoms with E-state index in [9.17, 15) is 13.2 Å². The molecule has 0 radical (unpaired) electrons. The highest BCUT2D eigenvalue weighted by molar-refractivity contribution is 7.89. The van der Waals surface area contributed by atoms with Crippen molar-refractivity contribution in [2.45, 2.75) is 30.7 Å². The van der Waals surface area contributed by atoms with Crippen molar-refractivity contribution in [3.05, 3.63) is 59.1 Å². The Kier molecular flexibility index (Phi) is 6.93. The SMILES string of the molecule is O=C(CNc1cccc(S(=O)(=O)N2CCCCC2)c1)NCc1ccc(Cl)cc1. The number of anilines is 1. The summed E-state index contributed by atoms with van der Waals surface area (Å²) < 4.78 is 27.1. The van der Waals surface area contributed by atoms with Crippen molar-refractivity contribution in [3.8, 4) is 0 Å². The Morgan fingerprint density at radius 3 is 2.46 bits per heavy atom.